The molecular formula is C11H19N2NaO3. The number of carbonyl (C=O) groups excluding carboxylic acids is 2. The summed E-state index contributed by atoms with van der Waals surface area (Å²) in [5.41, 5.74) is -0.547. The van der Waals surface area contributed by atoms with Crippen LogP contribution >= 0.6 is 0 Å². The number of alkyl carbamates (subject to hydrolysis) is 1. The molecule has 1 unspecified atom stereocenters. The molecule has 1 rings (SSSR count). The van der Waals surface area contributed by atoms with Gasteiger partial charge in [0, 0.05) is 0 Å². The second-order valence-corrected chi connectivity index (χ2v) is 4.91. The van der Waals surface area contributed by atoms with Crippen LogP contribution < -0.4 is 34.9 Å². The van der Waals surface area contributed by atoms with Crippen LogP contribution in [0, 0.1) is 0 Å². The fourth-order valence-electron chi connectivity index (χ4n) is 1.47. The Morgan fingerprint density at radius 2 is 2.06 bits per heavy atom. The molecule has 2 amide bonds. The maximum atomic E-state index is 11.5. The van der Waals surface area contributed by atoms with E-state index in [2.05, 4.69) is 10.6 Å². The molecule has 1 aliphatic rings. The SMILES string of the molecule is CC(C)(C)OC(=O)NC1CCCC[N-]C1=O.[Na+]. The first-order chi connectivity index (χ1) is 7.38. The number of hydrogen-bond donors (Lipinski definition) is 1. The van der Waals surface area contributed by atoms with Gasteiger partial charge in [-0.15, -0.1) is 6.54 Å². The zero-order chi connectivity index (χ0) is 12.2. The van der Waals surface area contributed by atoms with E-state index in [4.69, 9.17) is 4.74 Å². The zero-order valence-corrected chi connectivity index (χ0v) is 13.1. The number of rotatable bonds is 1. The van der Waals surface area contributed by atoms with Gasteiger partial charge < -0.3 is 20.2 Å². The van der Waals surface area contributed by atoms with Crippen molar-refractivity contribution in [2.45, 2.75) is 51.7 Å². The average Bonchev–Trinajstić information content (AvgIpc) is 2.29. The van der Waals surface area contributed by atoms with Gasteiger partial charge in [-0.05, 0) is 27.2 Å². The summed E-state index contributed by atoms with van der Waals surface area (Å²) in [5, 5.41) is 6.41. The Morgan fingerprint density at radius 3 is 2.65 bits per heavy atom. The molecule has 0 saturated carbocycles. The van der Waals surface area contributed by atoms with E-state index < -0.39 is 17.7 Å². The molecule has 0 radical (unpaired) electrons. The van der Waals surface area contributed by atoms with Gasteiger partial charge in [0.2, 0.25) is 0 Å². The molecule has 6 heteroatoms. The zero-order valence-electron chi connectivity index (χ0n) is 11.1. The molecule has 1 atom stereocenters. The van der Waals surface area contributed by atoms with Gasteiger partial charge in [0.05, 0.1) is 11.9 Å². The Balaban J connectivity index is 0.00000256. The Labute approximate surface area is 124 Å². The van der Waals surface area contributed by atoms with Crippen LogP contribution in [0.4, 0.5) is 4.79 Å². The summed E-state index contributed by atoms with van der Waals surface area (Å²) in [7, 11) is 0. The van der Waals surface area contributed by atoms with E-state index >= 15 is 0 Å². The van der Waals surface area contributed by atoms with Crippen LogP contribution in [0.1, 0.15) is 40.0 Å². The number of nitrogens with zero attached hydrogens (tertiary/aromatic N) is 1. The van der Waals surface area contributed by atoms with Crippen molar-refractivity contribution in [1.82, 2.24) is 5.32 Å². The van der Waals surface area contributed by atoms with Gasteiger partial charge in [0.25, 0.3) is 0 Å². The first kappa shape index (κ1) is 16.7. The maximum absolute atomic E-state index is 11.5. The van der Waals surface area contributed by atoms with Crippen LogP contribution in [0.5, 0.6) is 0 Å². The standard InChI is InChI=1S/C11H20N2O3.Na/c1-11(2,3)16-10(15)13-8-6-4-5-7-12-9(8)14;/h8H,4-7H2,1-3H3,(H2,12,13,14,15);/q;+1/p-1. The molecule has 5 nitrogen and oxygen atoms in total. The number of ether oxygens (including phenoxy) is 1. The minimum Gasteiger partial charge on any atom is -0.652 e. The smallest absolute Gasteiger partial charge is 0.652 e. The Kier molecular flexibility index (Phi) is 7.13. The topological polar surface area (TPSA) is 69.5 Å². The molecular weight excluding hydrogens is 231 g/mol. The van der Waals surface area contributed by atoms with Gasteiger partial charge in [0.1, 0.15) is 5.60 Å². The summed E-state index contributed by atoms with van der Waals surface area (Å²) in [6, 6.07) is -0.516. The summed E-state index contributed by atoms with van der Waals surface area (Å²) >= 11 is 0. The monoisotopic (exact) mass is 250 g/mol. The van der Waals surface area contributed by atoms with Crippen molar-refractivity contribution in [2.24, 2.45) is 0 Å². The number of hydrogen-bond acceptors (Lipinski definition) is 3. The van der Waals surface area contributed by atoms with Crippen LogP contribution in [-0.4, -0.2) is 30.2 Å². The van der Waals surface area contributed by atoms with Gasteiger partial charge in [-0.25, -0.2) is 4.79 Å². The normalized spacial score (nSPS) is 20.6. The molecule has 1 saturated heterocycles. The molecule has 0 aliphatic carbocycles. The van der Waals surface area contributed by atoms with Crippen molar-refractivity contribution < 1.29 is 43.9 Å². The molecule has 1 heterocycles. The van der Waals surface area contributed by atoms with E-state index in [0.717, 1.165) is 12.8 Å². The van der Waals surface area contributed by atoms with Gasteiger partial charge in [-0.3, -0.25) is 0 Å². The van der Waals surface area contributed by atoms with Crippen molar-refractivity contribution in [3.8, 4) is 0 Å². The Bertz CT molecular complexity index is 276. The van der Waals surface area contributed by atoms with Crippen LogP contribution in [0.2, 0.25) is 0 Å². The van der Waals surface area contributed by atoms with Crippen molar-refractivity contribution in [3.05, 3.63) is 5.32 Å². The van der Waals surface area contributed by atoms with Crippen LogP contribution in [0.25, 0.3) is 5.32 Å². The van der Waals surface area contributed by atoms with Gasteiger partial charge in [-0.2, -0.15) is 0 Å². The molecule has 0 aromatic heterocycles. The quantitative estimate of drug-likeness (QED) is 0.605. The first-order valence-electron chi connectivity index (χ1n) is 5.59. The number of amides is 2. The van der Waals surface area contributed by atoms with Crippen molar-refractivity contribution in [2.75, 3.05) is 6.54 Å². The Hall–Kier alpha value is -0.260. The molecule has 92 valence electrons. The van der Waals surface area contributed by atoms with E-state index in [1.165, 1.54) is 0 Å². The third kappa shape index (κ3) is 6.91. The molecule has 17 heavy (non-hydrogen) atoms. The summed E-state index contributed by atoms with van der Waals surface area (Å²) in [6.07, 6.45) is 1.89. The molecule has 0 aromatic rings. The van der Waals surface area contributed by atoms with Crippen molar-refractivity contribution in [1.29, 1.82) is 0 Å². The minimum atomic E-state index is -0.553. The summed E-state index contributed by atoms with van der Waals surface area (Å²) < 4.78 is 5.09. The third-order valence-electron chi connectivity index (χ3n) is 2.16. The average molecular weight is 250 g/mol. The van der Waals surface area contributed by atoms with E-state index in [1.54, 1.807) is 20.8 Å². The summed E-state index contributed by atoms with van der Waals surface area (Å²) in [4.78, 5) is 22.9. The van der Waals surface area contributed by atoms with E-state index in [-0.39, 0.29) is 35.5 Å². The predicted octanol–water partition coefficient (Wildman–Crippen LogP) is -1.03. The van der Waals surface area contributed by atoms with Crippen LogP contribution in [0.15, 0.2) is 0 Å². The van der Waals surface area contributed by atoms with Gasteiger partial charge in [-0.1, -0.05) is 12.8 Å². The van der Waals surface area contributed by atoms with E-state index in [0.29, 0.717) is 13.0 Å². The van der Waals surface area contributed by atoms with Crippen molar-refractivity contribution >= 4 is 12.0 Å². The largest absolute Gasteiger partial charge is 1.00 e. The predicted molar refractivity (Wildman–Crippen MR) is 60.2 cm³/mol. The summed E-state index contributed by atoms with van der Waals surface area (Å²) in [6.45, 7) is 5.91. The third-order valence-corrected chi connectivity index (χ3v) is 2.16. The molecule has 0 bridgehead atoms. The number of nitrogens with one attached hydrogen (secondary N) is 1. The fourth-order valence-corrected chi connectivity index (χ4v) is 1.47. The summed E-state index contributed by atoms with van der Waals surface area (Å²) in [5.74, 6) is -0.247. The van der Waals surface area contributed by atoms with E-state index in [9.17, 15) is 9.59 Å². The second kappa shape index (κ2) is 7.24. The Morgan fingerprint density at radius 1 is 1.41 bits per heavy atom. The van der Waals surface area contributed by atoms with Crippen LogP contribution in [-0.2, 0) is 9.53 Å². The second-order valence-electron chi connectivity index (χ2n) is 4.91. The van der Waals surface area contributed by atoms with Crippen molar-refractivity contribution in [3.63, 3.8) is 0 Å². The molecule has 0 spiro atoms. The first-order valence-corrected chi connectivity index (χ1v) is 5.59. The maximum Gasteiger partial charge on any atom is 1.00 e. The minimum absolute atomic E-state index is 0. The van der Waals surface area contributed by atoms with Gasteiger partial charge in [0.15, 0.2) is 0 Å². The van der Waals surface area contributed by atoms with Crippen LogP contribution in [0.3, 0.4) is 0 Å². The molecule has 0 aromatic carbocycles. The van der Waals surface area contributed by atoms with Gasteiger partial charge >= 0.3 is 35.7 Å². The number of carbonyl (C=O) groups is 2. The molecule has 1 N–H and O–H groups in total. The fraction of sp³-hybridized carbons (Fsp3) is 0.818. The van der Waals surface area contributed by atoms with E-state index in [1.807, 2.05) is 0 Å². The molecule has 1 fully saturated rings. The molecule has 1 aliphatic heterocycles.